The van der Waals surface area contributed by atoms with E-state index >= 15 is 0 Å². The summed E-state index contributed by atoms with van der Waals surface area (Å²) >= 11 is 0. The molecule has 1 aromatic heterocycles. The second-order valence-electron chi connectivity index (χ2n) is 5.90. The van der Waals surface area contributed by atoms with E-state index in [1.165, 1.54) is 0 Å². The van der Waals surface area contributed by atoms with E-state index in [0.29, 0.717) is 17.5 Å². The summed E-state index contributed by atoms with van der Waals surface area (Å²) in [4.78, 5) is 14.3. The van der Waals surface area contributed by atoms with Crippen molar-refractivity contribution < 1.29 is 9.32 Å². The molecular formula is C14H22ClN3O2. The molecule has 6 heteroatoms. The molecule has 0 aromatic carbocycles. The first-order valence-electron chi connectivity index (χ1n) is 7.16. The number of carbonyl (C=O) groups excluding carboxylic acids is 1. The fourth-order valence-corrected chi connectivity index (χ4v) is 2.74. The lowest BCUT2D eigenvalue weighted by molar-refractivity contribution is 0.0650. The zero-order chi connectivity index (χ0) is 13.4. The molecule has 0 spiro atoms. The molecular weight excluding hydrogens is 278 g/mol. The summed E-state index contributed by atoms with van der Waals surface area (Å²) in [5.41, 5.74) is 6.40. The zero-order valence-corrected chi connectivity index (χ0v) is 12.6. The largest absolute Gasteiger partial charge is 0.360 e. The molecule has 1 aliphatic heterocycles. The maximum Gasteiger partial charge on any atom is 0.276 e. The highest BCUT2D eigenvalue weighted by Crippen LogP contribution is 2.40. The second kappa shape index (κ2) is 6.14. The Morgan fingerprint density at radius 2 is 2.25 bits per heavy atom. The Labute approximate surface area is 125 Å². The van der Waals surface area contributed by atoms with Gasteiger partial charge in [-0.1, -0.05) is 5.16 Å². The van der Waals surface area contributed by atoms with Crippen molar-refractivity contribution in [2.45, 2.75) is 44.6 Å². The van der Waals surface area contributed by atoms with Gasteiger partial charge < -0.3 is 15.2 Å². The van der Waals surface area contributed by atoms with Gasteiger partial charge in [0.25, 0.3) is 5.91 Å². The van der Waals surface area contributed by atoms with Crippen molar-refractivity contribution in [1.29, 1.82) is 0 Å². The van der Waals surface area contributed by atoms with E-state index < -0.39 is 0 Å². The first-order valence-corrected chi connectivity index (χ1v) is 7.16. The lowest BCUT2D eigenvalue weighted by Gasteiger charge is -2.34. The van der Waals surface area contributed by atoms with Gasteiger partial charge in [0.05, 0.1) is 0 Å². The van der Waals surface area contributed by atoms with Gasteiger partial charge in [-0.05, 0) is 38.5 Å². The Balaban J connectivity index is 0.00000147. The molecule has 0 radical (unpaired) electrons. The molecule has 112 valence electrons. The zero-order valence-electron chi connectivity index (χ0n) is 11.7. The Hall–Kier alpha value is -1.07. The number of hydrogen-bond donors (Lipinski definition) is 1. The van der Waals surface area contributed by atoms with E-state index in [1.54, 1.807) is 0 Å². The molecule has 5 nitrogen and oxygen atoms in total. The van der Waals surface area contributed by atoms with E-state index in [0.717, 1.165) is 44.5 Å². The highest BCUT2D eigenvalue weighted by molar-refractivity contribution is 5.92. The van der Waals surface area contributed by atoms with Crippen molar-refractivity contribution >= 4 is 18.3 Å². The summed E-state index contributed by atoms with van der Waals surface area (Å²) in [5, 5.41) is 3.92. The van der Waals surface area contributed by atoms with Crippen molar-refractivity contribution in [3.63, 3.8) is 0 Å². The maximum atomic E-state index is 12.4. The van der Waals surface area contributed by atoms with E-state index in [4.69, 9.17) is 10.3 Å². The quantitative estimate of drug-likeness (QED) is 0.928. The standard InChI is InChI=1S/C14H21N3O2.ClH/c1-9(15)11-3-2-6-17(8-11)14(18)12-7-13(19-16-12)10-4-5-10;/h7,9-11H,2-6,8,15H2,1H3;1H. The van der Waals surface area contributed by atoms with Gasteiger partial charge >= 0.3 is 0 Å². The van der Waals surface area contributed by atoms with Gasteiger partial charge in [-0.25, -0.2) is 0 Å². The summed E-state index contributed by atoms with van der Waals surface area (Å²) in [6, 6.07) is 1.95. The Bertz CT molecular complexity index is 471. The topological polar surface area (TPSA) is 72.4 Å². The predicted molar refractivity (Wildman–Crippen MR) is 78.0 cm³/mol. The number of nitrogens with zero attached hydrogens (tertiary/aromatic N) is 2. The third-order valence-electron chi connectivity index (χ3n) is 4.22. The molecule has 0 bridgehead atoms. The molecule has 1 saturated carbocycles. The first-order chi connectivity index (χ1) is 9.15. The average Bonchev–Trinajstić information content (AvgIpc) is 3.16. The lowest BCUT2D eigenvalue weighted by atomic mass is 9.92. The van der Waals surface area contributed by atoms with E-state index in [-0.39, 0.29) is 24.4 Å². The van der Waals surface area contributed by atoms with Crippen LogP contribution >= 0.6 is 12.4 Å². The van der Waals surface area contributed by atoms with Gasteiger partial charge in [-0.15, -0.1) is 12.4 Å². The van der Waals surface area contributed by atoms with E-state index in [2.05, 4.69) is 5.16 Å². The fraction of sp³-hybridized carbons (Fsp3) is 0.714. The van der Waals surface area contributed by atoms with Crippen molar-refractivity contribution in [3.05, 3.63) is 17.5 Å². The van der Waals surface area contributed by atoms with Crippen LogP contribution in [0.5, 0.6) is 0 Å². The highest BCUT2D eigenvalue weighted by atomic mass is 35.5. The number of hydrogen-bond acceptors (Lipinski definition) is 4. The molecule has 1 aliphatic carbocycles. The number of likely N-dealkylation sites (tertiary alicyclic amines) is 1. The molecule has 2 unspecified atom stereocenters. The minimum Gasteiger partial charge on any atom is -0.360 e. The summed E-state index contributed by atoms with van der Waals surface area (Å²) in [6.07, 6.45) is 4.43. The number of nitrogens with two attached hydrogens (primary N) is 1. The van der Waals surface area contributed by atoms with Crippen LogP contribution in [0.4, 0.5) is 0 Å². The van der Waals surface area contributed by atoms with Gasteiger partial charge in [-0.3, -0.25) is 4.79 Å². The van der Waals surface area contributed by atoms with E-state index in [9.17, 15) is 4.79 Å². The predicted octanol–water partition coefficient (Wildman–Crippen LogP) is 2.17. The third kappa shape index (κ3) is 3.15. The van der Waals surface area contributed by atoms with Crippen LogP contribution in [0.1, 0.15) is 54.8 Å². The number of rotatable bonds is 3. The van der Waals surface area contributed by atoms with Crippen LogP contribution in [-0.4, -0.2) is 35.1 Å². The SMILES string of the molecule is CC(N)C1CCCN(C(=O)c2cc(C3CC3)on2)C1.Cl. The summed E-state index contributed by atoms with van der Waals surface area (Å²) < 4.78 is 5.25. The monoisotopic (exact) mass is 299 g/mol. The molecule has 2 fully saturated rings. The maximum absolute atomic E-state index is 12.4. The molecule has 2 atom stereocenters. The van der Waals surface area contributed by atoms with Crippen LogP contribution in [0.15, 0.2) is 10.6 Å². The van der Waals surface area contributed by atoms with Crippen molar-refractivity contribution in [2.75, 3.05) is 13.1 Å². The number of halogens is 1. The molecule has 1 aromatic rings. The Morgan fingerprint density at radius 1 is 1.50 bits per heavy atom. The first kappa shape index (κ1) is 15.3. The molecule has 2 aliphatic rings. The van der Waals surface area contributed by atoms with Gasteiger partial charge in [0.15, 0.2) is 5.69 Å². The summed E-state index contributed by atoms with van der Waals surface area (Å²) in [5.74, 6) is 1.74. The number of carbonyl (C=O) groups is 1. The van der Waals surface area contributed by atoms with E-state index in [1.807, 2.05) is 17.9 Å². The van der Waals surface area contributed by atoms with Crippen LogP contribution < -0.4 is 5.73 Å². The third-order valence-corrected chi connectivity index (χ3v) is 4.22. The van der Waals surface area contributed by atoms with Crippen LogP contribution in [0.2, 0.25) is 0 Å². The molecule has 3 rings (SSSR count). The molecule has 2 N–H and O–H groups in total. The number of amides is 1. The van der Waals surface area contributed by atoms with Crippen LogP contribution in [-0.2, 0) is 0 Å². The lowest BCUT2D eigenvalue weighted by Crippen LogP contribution is -2.45. The van der Waals surface area contributed by atoms with Gasteiger partial charge in [0, 0.05) is 31.1 Å². The van der Waals surface area contributed by atoms with Crippen molar-refractivity contribution in [3.8, 4) is 0 Å². The molecule has 20 heavy (non-hydrogen) atoms. The second-order valence-corrected chi connectivity index (χ2v) is 5.90. The van der Waals surface area contributed by atoms with Gasteiger partial charge in [-0.2, -0.15) is 0 Å². The van der Waals surface area contributed by atoms with Crippen molar-refractivity contribution in [2.24, 2.45) is 11.7 Å². The van der Waals surface area contributed by atoms with Crippen LogP contribution in [0, 0.1) is 5.92 Å². The summed E-state index contributed by atoms with van der Waals surface area (Å²) in [6.45, 7) is 3.55. The fourth-order valence-electron chi connectivity index (χ4n) is 2.74. The normalized spacial score (nSPS) is 24.1. The van der Waals surface area contributed by atoms with Gasteiger partial charge in [0.2, 0.25) is 0 Å². The number of piperidine rings is 1. The van der Waals surface area contributed by atoms with Gasteiger partial charge in [0.1, 0.15) is 5.76 Å². The minimum absolute atomic E-state index is 0. The Kier molecular flexibility index (Phi) is 4.70. The summed E-state index contributed by atoms with van der Waals surface area (Å²) in [7, 11) is 0. The molecule has 2 heterocycles. The number of aromatic nitrogens is 1. The van der Waals surface area contributed by atoms with Crippen molar-refractivity contribution in [1.82, 2.24) is 10.1 Å². The minimum atomic E-state index is -0.0130. The average molecular weight is 300 g/mol. The molecule has 1 amide bonds. The molecule has 1 saturated heterocycles. The van der Waals surface area contributed by atoms with Crippen LogP contribution in [0.3, 0.4) is 0 Å². The smallest absolute Gasteiger partial charge is 0.276 e. The Morgan fingerprint density at radius 3 is 2.90 bits per heavy atom. The van der Waals surface area contributed by atoms with Crippen LogP contribution in [0.25, 0.3) is 0 Å². The highest BCUT2D eigenvalue weighted by Gasteiger charge is 2.31.